The number of carbonyl (C=O) groups excluding carboxylic acids is 1. The smallest absolute Gasteiger partial charge is 0.315 e. The Kier molecular flexibility index (Phi) is 4.84. The minimum atomic E-state index is -2.90. The molecular formula is C16H20N4O3S. The van der Waals surface area contributed by atoms with E-state index in [1.165, 1.54) is 0 Å². The van der Waals surface area contributed by atoms with Gasteiger partial charge in [0.05, 0.1) is 17.2 Å². The molecule has 8 heteroatoms. The van der Waals surface area contributed by atoms with E-state index in [1.54, 1.807) is 6.20 Å². The first-order chi connectivity index (χ1) is 11.5. The van der Waals surface area contributed by atoms with E-state index in [0.717, 1.165) is 16.8 Å². The molecule has 1 fully saturated rings. The monoisotopic (exact) mass is 348 g/mol. The predicted molar refractivity (Wildman–Crippen MR) is 91.0 cm³/mol. The van der Waals surface area contributed by atoms with Crippen LogP contribution in [0.2, 0.25) is 0 Å². The SMILES string of the molecule is O=C(NCc1ccc(-c2ccn[nH]2)cc1)NC[C@H]1CCS(=O)(=O)C1. The number of benzene rings is 1. The van der Waals surface area contributed by atoms with E-state index < -0.39 is 9.84 Å². The zero-order valence-corrected chi connectivity index (χ0v) is 14.0. The Morgan fingerprint density at radius 3 is 2.62 bits per heavy atom. The fourth-order valence-corrected chi connectivity index (χ4v) is 4.60. The molecule has 1 aromatic carbocycles. The van der Waals surface area contributed by atoms with E-state index in [1.807, 2.05) is 30.3 Å². The molecule has 1 aliphatic heterocycles. The number of H-pyrrole nitrogens is 1. The molecule has 0 spiro atoms. The summed E-state index contributed by atoms with van der Waals surface area (Å²) in [5.41, 5.74) is 2.96. The standard InChI is InChI=1S/C16H20N4O3S/c21-16(18-10-13-6-8-24(22,23)11-13)17-9-12-1-3-14(4-2-12)15-5-7-19-20-15/h1-5,7,13H,6,8-11H2,(H,19,20)(H2,17,18,21)/t13-/m1/s1. The molecular weight excluding hydrogens is 328 g/mol. The van der Waals surface area contributed by atoms with Crippen LogP contribution in [0.4, 0.5) is 4.79 Å². The molecule has 2 heterocycles. The summed E-state index contributed by atoms with van der Waals surface area (Å²) in [6, 6.07) is 9.43. The molecule has 1 aliphatic rings. The van der Waals surface area contributed by atoms with Crippen LogP contribution >= 0.6 is 0 Å². The van der Waals surface area contributed by atoms with Gasteiger partial charge in [0.1, 0.15) is 0 Å². The zero-order valence-electron chi connectivity index (χ0n) is 13.2. The van der Waals surface area contributed by atoms with Crippen LogP contribution in [0.25, 0.3) is 11.3 Å². The summed E-state index contributed by atoms with van der Waals surface area (Å²) >= 11 is 0. The lowest BCUT2D eigenvalue weighted by molar-refractivity contribution is 0.239. The molecule has 1 saturated heterocycles. The first-order valence-corrected chi connectivity index (χ1v) is 9.65. The van der Waals surface area contributed by atoms with Crippen molar-refractivity contribution in [2.24, 2.45) is 5.92 Å². The van der Waals surface area contributed by atoms with Gasteiger partial charge in [0.25, 0.3) is 0 Å². The Hall–Kier alpha value is -2.35. The molecule has 2 amide bonds. The number of rotatable bonds is 5. The van der Waals surface area contributed by atoms with Crippen LogP contribution in [-0.4, -0.2) is 42.7 Å². The summed E-state index contributed by atoms with van der Waals surface area (Å²) in [5, 5.41) is 12.3. The van der Waals surface area contributed by atoms with Gasteiger partial charge >= 0.3 is 6.03 Å². The second kappa shape index (κ2) is 7.04. The second-order valence-electron chi connectivity index (χ2n) is 6.00. The largest absolute Gasteiger partial charge is 0.338 e. The van der Waals surface area contributed by atoms with Crippen LogP contribution in [0.15, 0.2) is 36.5 Å². The molecule has 0 bridgehead atoms. The first kappa shape index (κ1) is 16.5. The van der Waals surface area contributed by atoms with Gasteiger partial charge in [-0.3, -0.25) is 5.10 Å². The quantitative estimate of drug-likeness (QED) is 0.758. The van der Waals surface area contributed by atoms with Gasteiger partial charge < -0.3 is 10.6 Å². The van der Waals surface area contributed by atoms with Crippen LogP contribution in [0.5, 0.6) is 0 Å². The van der Waals surface area contributed by atoms with Crippen LogP contribution in [0.3, 0.4) is 0 Å². The van der Waals surface area contributed by atoms with E-state index in [9.17, 15) is 13.2 Å². The predicted octanol–water partition coefficient (Wildman–Crippen LogP) is 1.31. The van der Waals surface area contributed by atoms with Crippen molar-refractivity contribution in [3.63, 3.8) is 0 Å². The lowest BCUT2D eigenvalue weighted by Crippen LogP contribution is -2.38. The number of hydrogen-bond acceptors (Lipinski definition) is 4. The van der Waals surface area contributed by atoms with Crippen molar-refractivity contribution in [1.82, 2.24) is 20.8 Å². The van der Waals surface area contributed by atoms with Crippen molar-refractivity contribution < 1.29 is 13.2 Å². The third-order valence-electron chi connectivity index (χ3n) is 4.10. The summed E-state index contributed by atoms with van der Waals surface area (Å²) in [7, 11) is -2.90. The van der Waals surface area contributed by atoms with Crippen molar-refractivity contribution >= 4 is 15.9 Å². The Morgan fingerprint density at radius 2 is 2.00 bits per heavy atom. The van der Waals surface area contributed by atoms with Gasteiger partial charge in [-0.15, -0.1) is 0 Å². The number of nitrogens with zero attached hydrogens (tertiary/aromatic N) is 1. The third-order valence-corrected chi connectivity index (χ3v) is 5.93. The highest BCUT2D eigenvalue weighted by molar-refractivity contribution is 7.91. The van der Waals surface area contributed by atoms with Crippen LogP contribution < -0.4 is 10.6 Å². The fraction of sp³-hybridized carbons (Fsp3) is 0.375. The molecule has 0 unspecified atom stereocenters. The van der Waals surface area contributed by atoms with E-state index in [4.69, 9.17) is 0 Å². The normalized spacial score (nSPS) is 19.1. The number of carbonyl (C=O) groups is 1. The van der Waals surface area contributed by atoms with Gasteiger partial charge in [-0.25, -0.2) is 13.2 Å². The lowest BCUT2D eigenvalue weighted by atomic mass is 10.1. The lowest BCUT2D eigenvalue weighted by Gasteiger charge is -2.11. The van der Waals surface area contributed by atoms with Gasteiger partial charge in [0, 0.05) is 19.3 Å². The summed E-state index contributed by atoms with van der Waals surface area (Å²) in [6.45, 7) is 0.807. The molecule has 24 heavy (non-hydrogen) atoms. The van der Waals surface area contributed by atoms with Crippen molar-refractivity contribution in [1.29, 1.82) is 0 Å². The van der Waals surface area contributed by atoms with E-state index in [0.29, 0.717) is 19.5 Å². The van der Waals surface area contributed by atoms with Gasteiger partial charge in [-0.2, -0.15) is 5.10 Å². The molecule has 0 saturated carbocycles. The highest BCUT2D eigenvalue weighted by Crippen LogP contribution is 2.17. The molecule has 0 radical (unpaired) electrons. The van der Waals surface area contributed by atoms with E-state index in [2.05, 4.69) is 20.8 Å². The summed E-state index contributed by atoms with van der Waals surface area (Å²) in [5.74, 6) is 0.417. The van der Waals surface area contributed by atoms with Crippen molar-refractivity contribution in [2.45, 2.75) is 13.0 Å². The summed E-state index contributed by atoms with van der Waals surface area (Å²) in [4.78, 5) is 11.8. The van der Waals surface area contributed by atoms with Gasteiger partial charge in [0.15, 0.2) is 9.84 Å². The summed E-state index contributed by atoms with van der Waals surface area (Å²) in [6.07, 6.45) is 2.32. The zero-order chi connectivity index (χ0) is 17.0. The molecule has 1 atom stereocenters. The van der Waals surface area contributed by atoms with Crippen LogP contribution in [0, 0.1) is 5.92 Å². The topological polar surface area (TPSA) is 104 Å². The Balaban J connectivity index is 1.43. The molecule has 7 nitrogen and oxygen atoms in total. The maximum absolute atomic E-state index is 11.8. The number of aromatic amines is 1. The molecule has 128 valence electrons. The number of amides is 2. The fourth-order valence-electron chi connectivity index (χ4n) is 2.73. The van der Waals surface area contributed by atoms with Gasteiger partial charge in [-0.05, 0) is 29.5 Å². The molecule has 2 aromatic rings. The maximum Gasteiger partial charge on any atom is 0.315 e. The van der Waals surface area contributed by atoms with Crippen molar-refractivity contribution in [3.05, 3.63) is 42.1 Å². The Bertz CT molecular complexity index is 785. The molecule has 1 aromatic heterocycles. The van der Waals surface area contributed by atoms with E-state index in [-0.39, 0.29) is 23.5 Å². The number of nitrogens with one attached hydrogen (secondary N) is 3. The number of hydrogen-bond donors (Lipinski definition) is 3. The summed E-state index contributed by atoms with van der Waals surface area (Å²) < 4.78 is 22.7. The minimum absolute atomic E-state index is 0.0226. The average Bonchev–Trinajstić information content (AvgIpc) is 3.21. The Morgan fingerprint density at radius 1 is 1.21 bits per heavy atom. The van der Waals surface area contributed by atoms with E-state index >= 15 is 0 Å². The van der Waals surface area contributed by atoms with Gasteiger partial charge in [-0.1, -0.05) is 24.3 Å². The van der Waals surface area contributed by atoms with Gasteiger partial charge in [0.2, 0.25) is 0 Å². The molecule has 0 aliphatic carbocycles. The molecule has 3 N–H and O–H groups in total. The maximum atomic E-state index is 11.8. The van der Waals surface area contributed by atoms with Crippen molar-refractivity contribution in [2.75, 3.05) is 18.1 Å². The number of sulfone groups is 1. The number of aromatic nitrogens is 2. The second-order valence-corrected chi connectivity index (χ2v) is 8.23. The number of urea groups is 1. The highest BCUT2D eigenvalue weighted by Gasteiger charge is 2.27. The molecule has 3 rings (SSSR count). The minimum Gasteiger partial charge on any atom is -0.338 e. The van der Waals surface area contributed by atoms with Crippen LogP contribution in [-0.2, 0) is 16.4 Å². The van der Waals surface area contributed by atoms with Crippen molar-refractivity contribution in [3.8, 4) is 11.3 Å². The Labute approximate surface area is 140 Å². The van der Waals surface area contributed by atoms with Crippen LogP contribution in [0.1, 0.15) is 12.0 Å². The highest BCUT2D eigenvalue weighted by atomic mass is 32.2. The average molecular weight is 348 g/mol. The third kappa shape index (κ3) is 4.35. The first-order valence-electron chi connectivity index (χ1n) is 7.83.